The second kappa shape index (κ2) is 8.42. The van der Waals surface area contributed by atoms with Gasteiger partial charge in [-0.15, -0.1) is 0 Å². The van der Waals surface area contributed by atoms with Crippen LogP contribution in [-0.4, -0.2) is 16.9 Å². The lowest BCUT2D eigenvalue weighted by atomic mass is 9.89. The van der Waals surface area contributed by atoms with Crippen LogP contribution in [0.5, 0.6) is 0 Å². The Bertz CT molecular complexity index is 574. The molecule has 0 bridgehead atoms. The van der Waals surface area contributed by atoms with E-state index in [0.717, 1.165) is 29.3 Å². The largest absolute Gasteiger partial charge is 0.302 e. The lowest BCUT2D eigenvalue weighted by Crippen LogP contribution is -2.50. The van der Waals surface area contributed by atoms with Crippen molar-refractivity contribution in [3.8, 4) is 0 Å². The van der Waals surface area contributed by atoms with E-state index in [-0.39, 0.29) is 22.8 Å². The quantitative estimate of drug-likeness (QED) is 0.383. The van der Waals surface area contributed by atoms with E-state index >= 15 is 0 Å². The fraction of sp³-hybridized carbons (Fsp3) is 0.400. The van der Waals surface area contributed by atoms with Crippen molar-refractivity contribution in [2.75, 3.05) is 0 Å². The minimum atomic E-state index is -0.292. The summed E-state index contributed by atoms with van der Waals surface area (Å²) in [6.45, 7) is 0. The standard InChI is InChI=1S/C15H18IN3O2S/c16-12-9-5-4-8-11(12)14(21)18-19-15(22)17-13(20)10-6-2-1-3-7-10/h4-5,8-10H,1-3,6-7H2,(H,18,21)(H2,17,19,20,22). The van der Waals surface area contributed by atoms with Gasteiger partial charge in [0.2, 0.25) is 5.91 Å². The maximum Gasteiger partial charge on any atom is 0.270 e. The molecule has 1 aliphatic rings. The Kier molecular flexibility index (Phi) is 6.56. The van der Waals surface area contributed by atoms with Crippen LogP contribution in [0.4, 0.5) is 0 Å². The highest BCUT2D eigenvalue weighted by Crippen LogP contribution is 2.23. The van der Waals surface area contributed by atoms with Gasteiger partial charge < -0.3 is 5.32 Å². The highest BCUT2D eigenvalue weighted by Gasteiger charge is 2.21. The van der Waals surface area contributed by atoms with Crippen molar-refractivity contribution in [1.82, 2.24) is 16.2 Å². The molecular weight excluding hydrogens is 413 g/mol. The lowest BCUT2D eigenvalue weighted by molar-refractivity contribution is -0.124. The van der Waals surface area contributed by atoms with Crippen LogP contribution in [0.2, 0.25) is 0 Å². The molecule has 0 aromatic heterocycles. The number of halogens is 1. The average molecular weight is 431 g/mol. The van der Waals surface area contributed by atoms with Gasteiger partial charge in [-0.2, -0.15) is 0 Å². The van der Waals surface area contributed by atoms with Crippen LogP contribution >= 0.6 is 34.8 Å². The van der Waals surface area contributed by atoms with Crippen molar-refractivity contribution < 1.29 is 9.59 Å². The molecule has 1 aromatic carbocycles. The van der Waals surface area contributed by atoms with Gasteiger partial charge in [0.05, 0.1) is 5.56 Å². The zero-order chi connectivity index (χ0) is 15.9. The highest BCUT2D eigenvalue weighted by atomic mass is 127. The molecule has 7 heteroatoms. The van der Waals surface area contributed by atoms with Crippen molar-refractivity contribution in [2.24, 2.45) is 5.92 Å². The van der Waals surface area contributed by atoms with Gasteiger partial charge in [0.25, 0.3) is 5.91 Å². The van der Waals surface area contributed by atoms with Crippen LogP contribution in [0, 0.1) is 9.49 Å². The Morgan fingerprint density at radius 2 is 1.77 bits per heavy atom. The zero-order valence-electron chi connectivity index (χ0n) is 12.0. The summed E-state index contributed by atoms with van der Waals surface area (Å²) < 4.78 is 0.844. The summed E-state index contributed by atoms with van der Waals surface area (Å²) in [5.74, 6) is -0.334. The molecule has 1 saturated carbocycles. The average Bonchev–Trinajstić information content (AvgIpc) is 2.54. The molecule has 0 aliphatic heterocycles. The minimum absolute atomic E-state index is 0.0271. The van der Waals surface area contributed by atoms with Crippen molar-refractivity contribution in [3.63, 3.8) is 0 Å². The molecule has 5 nitrogen and oxygen atoms in total. The first-order chi connectivity index (χ1) is 10.6. The number of thiocarbonyl (C=S) groups is 1. The Balaban J connectivity index is 1.79. The van der Waals surface area contributed by atoms with Crippen LogP contribution in [-0.2, 0) is 4.79 Å². The van der Waals surface area contributed by atoms with Gasteiger partial charge in [-0.05, 0) is 59.8 Å². The summed E-state index contributed by atoms with van der Waals surface area (Å²) >= 11 is 7.13. The van der Waals surface area contributed by atoms with Crippen LogP contribution in [0.3, 0.4) is 0 Å². The predicted molar refractivity (Wildman–Crippen MR) is 97.1 cm³/mol. The fourth-order valence-electron chi connectivity index (χ4n) is 2.44. The normalized spacial score (nSPS) is 15.0. The number of nitrogens with one attached hydrogen (secondary N) is 3. The van der Waals surface area contributed by atoms with Crippen LogP contribution < -0.4 is 16.2 Å². The number of carbonyl (C=O) groups excluding carboxylic acids is 2. The second-order valence-corrected chi connectivity index (χ2v) is 6.78. The summed E-state index contributed by atoms with van der Waals surface area (Å²) in [5, 5.41) is 2.76. The second-order valence-electron chi connectivity index (χ2n) is 5.21. The molecule has 1 aliphatic carbocycles. The Morgan fingerprint density at radius 3 is 2.45 bits per heavy atom. The monoisotopic (exact) mass is 431 g/mol. The van der Waals surface area contributed by atoms with Crippen LogP contribution in [0.15, 0.2) is 24.3 Å². The summed E-state index contributed by atoms with van der Waals surface area (Å²) in [7, 11) is 0. The van der Waals surface area contributed by atoms with Gasteiger partial charge in [-0.3, -0.25) is 20.4 Å². The molecule has 3 N–H and O–H groups in total. The third-order valence-electron chi connectivity index (χ3n) is 3.62. The topological polar surface area (TPSA) is 70.2 Å². The number of benzene rings is 1. The van der Waals surface area contributed by atoms with E-state index in [1.807, 2.05) is 12.1 Å². The number of rotatable bonds is 2. The van der Waals surface area contributed by atoms with E-state index in [2.05, 4.69) is 38.8 Å². The molecular formula is C15H18IN3O2S. The Morgan fingerprint density at radius 1 is 1.09 bits per heavy atom. The van der Waals surface area contributed by atoms with Gasteiger partial charge in [-0.1, -0.05) is 31.4 Å². The maximum atomic E-state index is 12.0. The van der Waals surface area contributed by atoms with Crippen molar-refractivity contribution in [3.05, 3.63) is 33.4 Å². The van der Waals surface area contributed by atoms with E-state index < -0.39 is 0 Å². The molecule has 2 rings (SSSR count). The predicted octanol–water partition coefficient (Wildman–Crippen LogP) is 2.51. The molecule has 0 saturated heterocycles. The Hall–Kier alpha value is -1.22. The molecule has 2 amide bonds. The molecule has 1 aromatic rings. The summed E-state index contributed by atoms with van der Waals surface area (Å²) in [6, 6.07) is 7.22. The van der Waals surface area contributed by atoms with Crippen molar-refractivity contribution >= 4 is 51.7 Å². The van der Waals surface area contributed by atoms with Gasteiger partial charge in [0.1, 0.15) is 0 Å². The summed E-state index contributed by atoms with van der Waals surface area (Å²) in [5.41, 5.74) is 5.63. The number of carbonyl (C=O) groups is 2. The van der Waals surface area contributed by atoms with Gasteiger partial charge in [0, 0.05) is 9.49 Å². The smallest absolute Gasteiger partial charge is 0.270 e. The molecule has 1 fully saturated rings. The molecule has 0 unspecified atom stereocenters. The van der Waals surface area contributed by atoms with Crippen molar-refractivity contribution in [1.29, 1.82) is 0 Å². The SMILES string of the molecule is O=C(NNC(=S)NC(=O)C1CCCCC1)c1ccccc1I. The van der Waals surface area contributed by atoms with E-state index in [9.17, 15) is 9.59 Å². The summed E-state index contributed by atoms with van der Waals surface area (Å²) in [4.78, 5) is 24.0. The molecule has 0 atom stereocenters. The molecule has 0 heterocycles. The van der Waals surface area contributed by atoms with Crippen molar-refractivity contribution in [2.45, 2.75) is 32.1 Å². The number of amides is 2. The first-order valence-corrected chi connectivity index (χ1v) is 8.72. The van der Waals surface area contributed by atoms with Gasteiger partial charge >= 0.3 is 0 Å². The molecule has 22 heavy (non-hydrogen) atoms. The van der Waals surface area contributed by atoms with E-state index in [0.29, 0.717) is 5.56 Å². The third kappa shape index (κ3) is 4.91. The zero-order valence-corrected chi connectivity index (χ0v) is 15.0. The fourth-order valence-corrected chi connectivity index (χ4v) is 3.22. The first-order valence-electron chi connectivity index (χ1n) is 7.23. The first kappa shape index (κ1) is 17.1. The Labute approximate surface area is 148 Å². The van der Waals surface area contributed by atoms with E-state index in [4.69, 9.17) is 12.2 Å². The minimum Gasteiger partial charge on any atom is -0.302 e. The summed E-state index contributed by atoms with van der Waals surface area (Å²) in [6.07, 6.45) is 5.17. The molecule has 0 spiro atoms. The van der Waals surface area contributed by atoms with E-state index in [1.165, 1.54) is 6.42 Å². The van der Waals surface area contributed by atoms with E-state index in [1.54, 1.807) is 12.1 Å². The molecule has 0 radical (unpaired) electrons. The number of hydrogen-bond donors (Lipinski definition) is 3. The third-order valence-corrected chi connectivity index (χ3v) is 4.77. The van der Waals surface area contributed by atoms with Crippen LogP contribution in [0.25, 0.3) is 0 Å². The lowest BCUT2D eigenvalue weighted by Gasteiger charge is -2.21. The number of hydrogen-bond acceptors (Lipinski definition) is 3. The maximum absolute atomic E-state index is 12.0. The van der Waals surface area contributed by atoms with Gasteiger partial charge in [-0.25, -0.2) is 0 Å². The molecule has 118 valence electrons. The van der Waals surface area contributed by atoms with Crippen LogP contribution in [0.1, 0.15) is 42.5 Å². The highest BCUT2D eigenvalue weighted by molar-refractivity contribution is 14.1. The van der Waals surface area contributed by atoms with Gasteiger partial charge in [0.15, 0.2) is 5.11 Å². The number of hydrazine groups is 1.